The van der Waals surface area contributed by atoms with Crippen LogP contribution in [0.2, 0.25) is 0 Å². The van der Waals surface area contributed by atoms with E-state index >= 15 is 0 Å². The fourth-order valence-corrected chi connectivity index (χ4v) is 2.85. The minimum atomic E-state index is -0.0415. The Morgan fingerprint density at radius 2 is 1.67 bits per heavy atom. The molecule has 3 nitrogen and oxygen atoms in total. The molecule has 0 spiro atoms. The van der Waals surface area contributed by atoms with Crippen molar-refractivity contribution in [2.45, 2.75) is 70.4 Å². The standard InChI is InChI=1S/C15H32N2O/c1-14(2,3)18-12-11-17(4)15(13-16)9-7-5-6-8-10-15/h5-13,16H2,1-4H3. The van der Waals surface area contributed by atoms with E-state index < -0.39 is 0 Å². The smallest absolute Gasteiger partial charge is 0.0600 e. The number of nitrogens with two attached hydrogens (primary N) is 1. The molecule has 0 radical (unpaired) electrons. The summed E-state index contributed by atoms with van der Waals surface area (Å²) in [6.45, 7) is 8.88. The maximum atomic E-state index is 6.08. The third-order valence-electron chi connectivity index (χ3n) is 4.19. The molecule has 108 valence electrons. The molecule has 1 saturated carbocycles. The predicted octanol–water partition coefficient (Wildman–Crippen LogP) is 2.79. The number of rotatable bonds is 5. The minimum absolute atomic E-state index is 0.0415. The highest BCUT2D eigenvalue weighted by atomic mass is 16.5. The third-order valence-corrected chi connectivity index (χ3v) is 4.19. The first-order valence-corrected chi connectivity index (χ1v) is 7.45. The topological polar surface area (TPSA) is 38.5 Å². The minimum Gasteiger partial charge on any atom is -0.375 e. The summed E-state index contributed by atoms with van der Waals surface area (Å²) in [4.78, 5) is 2.45. The summed E-state index contributed by atoms with van der Waals surface area (Å²) in [5.41, 5.74) is 6.26. The van der Waals surface area contributed by atoms with Gasteiger partial charge in [0.05, 0.1) is 12.2 Å². The Labute approximate surface area is 113 Å². The first-order chi connectivity index (χ1) is 8.40. The Balaban J connectivity index is 2.47. The molecular weight excluding hydrogens is 224 g/mol. The van der Waals surface area contributed by atoms with Gasteiger partial charge in [0.2, 0.25) is 0 Å². The van der Waals surface area contributed by atoms with E-state index in [4.69, 9.17) is 10.5 Å². The third kappa shape index (κ3) is 4.87. The van der Waals surface area contributed by atoms with Gasteiger partial charge in [0.15, 0.2) is 0 Å². The van der Waals surface area contributed by atoms with Gasteiger partial charge in [-0.1, -0.05) is 25.7 Å². The van der Waals surface area contributed by atoms with Gasteiger partial charge in [0.25, 0.3) is 0 Å². The summed E-state index contributed by atoms with van der Waals surface area (Å²) >= 11 is 0. The lowest BCUT2D eigenvalue weighted by atomic mass is 9.88. The molecule has 0 bridgehead atoms. The van der Waals surface area contributed by atoms with Crippen LogP contribution in [0.1, 0.15) is 59.3 Å². The zero-order valence-electron chi connectivity index (χ0n) is 12.8. The molecule has 1 aliphatic carbocycles. The fraction of sp³-hybridized carbons (Fsp3) is 1.00. The second-order valence-electron chi connectivity index (χ2n) is 6.73. The van der Waals surface area contributed by atoms with Gasteiger partial charge in [0, 0.05) is 18.6 Å². The van der Waals surface area contributed by atoms with Crippen molar-refractivity contribution in [2.24, 2.45) is 5.73 Å². The van der Waals surface area contributed by atoms with Crippen LogP contribution in [0.4, 0.5) is 0 Å². The summed E-state index contributed by atoms with van der Waals surface area (Å²) in [6, 6.07) is 0. The highest BCUT2D eigenvalue weighted by Crippen LogP contribution is 2.30. The molecule has 0 aromatic carbocycles. The van der Waals surface area contributed by atoms with E-state index in [1.165, 1.54) is 38.5 Å². The summed E-state index contributed by atoms with van der Waals surface area (Å²) in [6.07, 6.45) is 7.87. The van der Waals surface area contributed by atoms with Crippen LogP contribution in [0, 0.1) is 0 Å². The van der Waals surface area contributed by atoms with Crippen LogP contribution in [-0.2, 0) is 4.74 Å². The number of ether oxygens (including phenoxy) is 1. The molecule has 2 N–H and O–H groups in total. The molecule has 0 aromatic rings. The van der Waals surface area contributed by atoms with Crippen molar-refractivity contribution >= 4 is 0 Å². The van der Waals surface area contributed by atoms with Gasteiger partial charge in [-0.25, -0.2) is 0 Å². The van der Waals surface area contributed by atoms with Crippen molar-refractivity contribution in [1.82, 2.24) is 4.90 Å². The van der Waals surface area contributed by atoms with E-state index in [0.29, 0.717) is 0 Å². The van der Waals surface area contributed by atoms with Crippen LogP contribution in [0.25, 0.3) is 0 Å². The van der Waals surface area contributed by atoms with Crippen LogP contribution >= 0.6 is 0 Å². The van der Waals surface area contributed by atoms with Crippen LogP contribution in [0.15, 0.2) is 0 Å². The van der Waals surface area contributed by atoms with Crippen molar-refractivity contribution < 1.29 is 4.74 Å². The predicted molar refractivity (Wildman–Crippen MR) is 77.8 cm³/mol. The van der Waals surface area contributed by atoms with Gasteiger partial charge < -0.3 is 10.5 Å². The molecule has 1 rings (SSSR count). The van der Waals surface area contributed by atoms with Crippen molar-refractivity contribution in [1.29, 1.82) is 0 Å². The van der Waals surface area contributed by atoms with Crippen molar-refractivity contribution in [2.75, 3.05) is 26.7 Å². The van der Waals surface area contributed by atoms with E-state index in [9.17, 15) is 0 Å². The lowest BCUT2D eigenvalue weighted by molar-refractivity contribution is -0.0249. The Hall–Kier alpha value is -0.120. The maximum absolute atomic E-state index is 6.08. The highest BCUT2D eigenvalue weighted by molar-refractivity contribution is 4.91. The second kappa shape index (κ2) is 6.88. The lowest BCUT2D eigenvalue weighted by Crippen LogP contribution is -2.53. The molecule has 3 heteroatoms. The highest BCUT2D eigenvalue weighted by Gasteiger charge is 2.33. The fourth-order valence-electron chi connectivity index (χ4n) is 2.85. The Morgan fingerprint density at radius 1 is 1.11 bits per heavy atom. The summed E-state index contributed by atoms with van der Waals surface area (Å²) in [5, 5.41) is 0. The van der Waals surface area contributed by atoms with Crippen molar-refractivity contribution in [3.63, 3.8) is 0 Å². The Kier molecular flexibility index (Phi) is 6.09. The molecule has 0 aliphatic heterocycles. The van der Waals surface area contributed by atoms with Gasteiger partial charge in [-0.15, -0.1) is 0 Å². The van der Waals surface area contributed by atoms with Crippen molar-refractivity contribution in [3.8, 4) is 0 Å². The quantitative estimate of drug-likeness (QED) is 0.769. The van der Waals surface area contributed by atoms with Gasteiger partial charge in [-0.2, -0.15) is 0 Å². The largest absolute Gasteiger partial charge is 0.375 e. The van der Waals surface area contributed by atoms with Crippen LogP contribution < -0.4 is 5.73 Å². The van der Waals surface area contributed by atoms with Crippen LogP contribution in [-0.4, -0.2) is 42.8 Å². The SMILES string of the molecule is CN(CCOC(C)(C)C)C1(CN)CCCCCC1. The monoisotopic (exact) mass is 256 g/mol. The number of hydrogen-bond acceptors (Lipinski definition) is 3. The maximum Gasteiger partial charge on any atom is 0.0600 e. The Bertz CT molecular complexity index is 227. The van der Waals surface area contributed by atoms with E-state index in [2.05, 4.69) is 32.7 Å². The van der Waals surface area contributed by atoms with Crippen LogP contribution in [0.5, 0.6) is 0 Å². The lowest BCUT2D eigenvalue weighted by Gasteiger charge is -2.41. The molecule has 0 unspecified atom stereocenters. The zero-order chi connectivity index (χ0) is 13.6. The number of nitrogens with zero attached hydrogens (tertiary/aromatic N) is 1. The number of likely N-dealkylation sites (N-methyl/N-ethyl adjacent to an activating group) is 1. The van der Waals surface area contributed by atoms with Gasteiger partial charge in [0.1, 0.15) is 0 Å². The molecule has 0 amide bonds. The number of hydrogen-bond donors (Lipinski definition) is 1. The first kappa shape index (κ1) is 15.9. The van der Waals surface area contributed by atoms with Gasteiger partial charge in [-0.3, -0.25) is 4.90 Å². The van der Waals surface area contributed by atoms with Crippen molar-refractivity contribution in [3.05, 3.63) is 0 Å². The van der Waals surface area contributed by atoms with Gasteiger partial charge in [-0.05, 0) is 40.7 Å². The molecule has 1 aliphatic rings. The zero-order valence-corrected chi connectivity index (χ0v) is 12.8. The van der Waals surface area contributed by atoms with E-state index in [1.54, 1.807) is 0 Å². The molecule has 0 saturated heterocycles. The second-order valence-corrected chi connectivity index (χ2v) is 6.73. The molecular formula is C15H32N2O. The average molecular weight is 256 g/mol. The average Bonchev–Trinajstić information content (AvgIpc) is 2.53. The molecule has 18 heavy (non-hydrogen) atoms. The molecule has 1 fully saturated rings. The molecule has 0 heterocycles. The van der Waals surface area contributed by atoms with Crippen LogP contribution in [0.3, 0.4) is 0 Å². The summed E-state index contributed by atoms with van der Waals surface area (Å²) in [7, 11) is 2.21. The Morgan fingerprint density at radius 3 is 2.11 bits per heavy atom. The molecule has 0 atom stereocenters. The summed E-state index contributed by atoms with van der Waals surface area (Å²) in [5.74, 6) is 0. The summed E-state index contributed by atoms with van der Waals surface area (Å²) < 4.78 is 5.83. The van der Waals surface area contributed by atoms with Gasteiger partial charge >= 0.3 is 0 Å². The normalized spacial score (nSPS) is 21.0. The van der Waals surface area contributed by atoms with E-state index in [-0.39, 0.29) is 11.1 Å². The first-order valence-electron chi connectivity index (χ1n) is 7.45. The van der Waals surface area contributed by atoms with E-state index in [1.807, 2.05) is 0 Å². The van der Waals surface area contributed by atoms with E-state index in [0.717, 1.165) is 19.7 Å². The molecule has 0 aromatic heterocycles.